The Balaban J connectivity index is 2.00. The van der Waals surface area contributed by atoms with E-state index in [1.807, 2.05) is 31.5 Å². The minimum absolute atomic E-state index is 0.112. The van der Waals surface area contributed by atoms with E-state index < -0.39 is 6.10 Å². The van der Waals surface area contributed by atoms with Crippen LogP contribution in [-0.2, 0) is 6.42 Å². The van der Waals surface area contributed by atoms with E-state index in [0.29, 0.717) is 0 Å². The minimum Gasteiger partial charge on any atom is -0.386 e. The maximum atomic E-state index is 10.6. The molecule has 2 unspecified atom stereocenters. The summed E-state index contributed by atoms with van der Waals surface area (Å²) in [6.45, 7) is 4.07. The Morgan fingerprint density at radius 3 is 2.78 bits per heavy atom. The molecule has 0 aliphatic heterocycles. The molecule has 0 radical (unpaired) electrons. The molecule has 1 aliphatic rings. The van der Waals surface area contributed by atoms with Gasteiger partial charge in [-0.2, -0.15) is 0 Å². The third-order valence-electron chi connectivity index (χ3n) is 4.09. The number of hydrogen-bond acceptors (Lipinski definition) is 2. The van der Waals surface area contributed by atoms with Crippen molar-refractivity contribution in [1.82, 2.24) is 9.55 Å². The Hall–Kier alpha value is -1.61. The van der Waals surface area contributed by atoms with E-state index in [4.69, 9.17) is 0 Å². The van der Waals surface area contributed by atoms with E-state index >= 15 is 0 Å². The molecular weight excluding hydrogens is 224 g/mol. The van der Waals surface area contributed by atoms with E-state index in [-0.39, 0.29) is 6.04 Å². The molecule has 3 nitrogen and oxygen atoms in total. The average molecular weight is 242 g/mol. The van der Waals surface area contributed by atoms with E-state index in [1.54, 1.807) is 0 Å². The van der Waals surface area contributed by atoms with Crippen LogP contribution in [0.15, 0.2) is 30.6 Å². The van der Waals surface area contributed by atoms with Gasteiger partial charge in [0.15, 0.2) is 0 Å². The van der Waals surface area contributed by atoms with Gasteiger partial charge < -0.3 is 9.67 Å². The molecule has 1 aromatic carbocycles. The molecule has 0 fully saturated rings. The summed E-state index contributed by atoms with van der Waals surface area (Å²) < 4.78 is 2.12. The highest BCUT2D eigenvalue weighted by molar-refractivity contribution is 5.32. The van der Waals surface area contributed by atoms with E-state index in [2.05, 4.69) is 22.5 Å². The van der Waals surface area contributed by atoms with Gasteiger partial charge in [0, 0.05) is 5.69 Å². The van der Waals surface area contributed by atoms with Crippen molar-refractivity contribution in [2.75, 3.05) is 0 Å². The molecule has 1 heterocycles. The van der Waals surface area contributed by atoms with Crippen LogP contribution in [0.1, 0.15) is 41.1 Å². The predicted octanol–water partition coefficient (Wildman–Crippen LogP) is 2.72. The maximum Gasteiger partial charge on any atom is 0.1000 e. The van der Waals surface area contributed by atoms with Gasteiger partial charge in [-0.1, -0.05) is 24.3 Å². The lowest BCUT2D eigenvalue weighted by Crippen LogP contribution is -2.24. The molecular formula is C15H18N2O. The zero-order valence-electron chi connectivity index (χ0n) is 10.8. The van der Waals surface area contributed by atoms with Crippen molar-refractivity contribution in [2.45, 2.75) is 38.8 Å². The number of aliphatic hydroxyl groups is 1. The first-order valence-electron chi connectivity index (χ1n) is 6.44. The predicted molar refractivity (Wildman–Crippen MR) is 70.5 cm³/mol. The Labute approximate surface area is 107 Å². The molecule has 0 bridgehead atoms. The molecule has 1 aliphatic carbocycles. The fourth-order valence-electron chi connectivity index (χ4n) is 2.86. The van der Waals surface area contributed by atoms with Gasteiger partial charge in [-0.05, 0) is 37.8 Å². The highest BCUT2D eigenvalue weighted by atomic mass is 16.3. The van der Waals surface area contributed by atoms with Gasteiger partial charge in [0.25, 0.3) is 0 Å². The quantitative estimate of drug-likeness (QED) is 0.835. The lowest BCUT2D eigenvalue weighted by Gasteiger charge is -2.31. The van der Waals surface area contributed by atoms with Crippen molar-refractivity contribution >= 4 is 0 Å². The average Bonchev–Trinajstić information content (AvgIpc) is 2.71. The summed E-state index contributed by atoms with van der Waals surface area (Å²) in [4.78, 5) is 4.33. The van der Waals surface area contributed by atoms with Crippen molar-refractivity contribution in [1.29, 1.82) is 0 Å². The number of nitrogens with zero attached hydrogens (tertiary/aromatic N) is 2. The lowest BCUT2D eigenvalue weighted by atomic mass is 9.85. The second kappa shape index (κ2) is 4.25. The van der Waals surface area contributed by atoms with Gasteiger partial charge in [0.1, 0.15) is 0 Å². The summed E-state index contributed by atoms with van der Waals surface area (Å²) in [5.41, 5.74) is 4.54. The van der Waals surface area contributed by atoms with Crippen molar-refractivity contribution in [2.24, 2.45) is 0 Å². The summed E-state index contributed by atoms with van der Waals surface area (Å²) in [6, 6.07) is 8.29. The van der Waals surface area contributed by atoms with Crippen LogP contribution in [0, 0.1) is 13.8 Å². The van der Waals surface area contributed by atoms with Gasteiger partial charge in [-0.3, -0.25) is 0 Å². The van der Waals surface area contributed by atoms with Crippen LogP contribution in [0.25, 0.3) is 0 Å². The number of aryl methyl sites for hydroxylation is 2. The SMILES string of the molecule is Cc1ncn(C2CCc3ccccc3C2O)c1C. The molecule has 0 saturated heterocycles. The first-order valence-corrected chi connectivity index (χ1v) is 6.44. The fourth-order valence-corrected chi connectivity index (χ4v) is 2.86. The topological polar surface area (TPSA) is 38.0 Å². The summed E-state index contributed by atoms with van der Waals surface area (Å²) in [6.07, 6.45) is 3.41. The monoisotopic (exact) mass is 242 g/mol. The summed E-state index contributed by atoms with van der Waals surface area (Å²) >= 11 is 0. The third kappa shape index (κ3) is 1.66. The number of benzene rings is 1. The number of fused-ring (bicyclic) bond motifs is 1. The second-order valence-corrected chi connectivity index (χ2v) is 5.07. The van der Waals surface area contributed by atoms with Crippen LogP contribution in [0.2, 0.25) is 0 Å². The normalized spacial score (nSPS) is 22.8. The summed E-state index contributed by atoms with van der Waals surface area (Å²) in [5, 5.41) is 10.6. The number of rotatable bonds is 1. The minimum atomic E-state index is -0.428. The molecule has 18 heavy (non-hydrogen) atoms. The van der Waals surface area contributed by atoms with E-state index in [0.717, 1.165) is 29.8 Å². The molecule has 2 aromatic rings. The van der Waals surface area contributed by atoms with Crippen molar-refractivity contribution < 1.29 is 5.11 Å². The highest BCUT2D eigenvalue weighted by Gasteiger charge is 2.29. The standard InChI is InChI=1S/C15H18N2O/c1-10-11(2)17(9-16-10)14-8-7-12-5-3-4-6-13(12)15(14)18/h3-6,9,14-15,18H,7-8H2,1-2H3. The third-order valence-corrected chi connectivity index (χ3v) is 4.09. The molecule has 0 amide bonds. The van der Waals surface area contributed by atoms with Crippen molar-refractivity contribution in [3.63, 3.8) is 0 Å². The Bertz CT molecular complexity index is 574. The zero-order chi connectivity index (χ0) is 12.7. The Morgan fingerprint density at radius 1 is 1.28 bits per heavy atom. The smallest absolute Gasteiger partial charge is 0.1000 e. The van der Waals surface area contributed by atoms with Gasteiger partial charge in [0.2, 0.25) is 0 Å². The lowest BCUT2D eigenvalue weighted by molar-refractivity contribution is 0.0978. The first-order chi connectivity index (χ1) is 8.68. The van der Waals surface area contributed by atoms with E-state index in [9.17, 15) is 5.11 Å². The largest absolute Gasteiger partial charge is 0.386 e. The summed E-state index contributed by atoms with van der Waals surface area (Å²) in [5.74, 6) is 0. The summed E-state index contributed by atoms with van der Waals surface area (Å²) in [7, 11) is 0. The van der Waals surface area contributed by atoms with Crippen LogP contribution < -0.4 is 0 Å². The Morgan fingerprint density at radius 2 is 2.06 bits per heavy atom. The van der Waals surface area contributed by atoms with Crippen LogP contribution in [0.4, 0.5) is 0 Å². The first kappa shape index (κ1) is 11.5. The number of imidazole rings is 1. The molecule has 94 valence electrons. The molecule has 1 aromatic heterocycles. The second-order valence-electron chi connectivity index (χ2n) is 5.07. The number of hydrogen-bond donors (Lipinski definition) is 1. The van der Waals surface area contributed by atoms with Crippen LogP contribution in [-0.4, -0.2) is 14.7 Å². The molecule has 3 rings (SSSR count). The van der Waals surface area contributed by atoms with Crippen molar-refractivity contribution in [3.05, 3.63) is 53.1 Å². The fraction of sp³-hybridized carbons (Fsp3) is 0.400. The number of aliphatic hydroxyl groups excluding tert-OH is 1. The zero-order valence-corrected chi connectivity index (χ0v) is 10.8. The molecule has 1 N–H and O–H groups in total. The van der Waals surface area contributed by atoms with Gasteiger partial charge in [-0.15, -0.1) is 0 Å². The number of aromatic nitrogens is 2. The molecule has 3 heteroatoms. The molecule has 2 atom stereocenters. The molecule has 0 spiro atoms. The van der Waals surface area contributed by atoms with Crippen LogP contribution in [0.3, 0.4) is 0 Å². The van der Waals surface area contributed by atoms with Crippen LogP contribution in [0.5, 0.6) is 0 Å². The molecule has 0 saturated carbocycles. The van der Waals surface area contributed by atoms with Crippen molar-refractivity contribution in [3.8, 4) is 0 Å². The van der Waals surface area contributed by atoms with Gasteiger partial charge in [0.05, 0.1) is 24.2 Å². The van der Waals surface area contributed by atoms with Crippen LogP contribution >= 0.6 is 0 Å². The van der Waals surface area contributed by atoms with Gasteiger partial charge in [-0.25, -0.2) is 4.98 Å². The Kier molecular flexibility index (Phi) is 2.71. The highest BCUT2D eigenvalue weighted by Crippen LogP contribution is 2.38. The maximum absolute atomic E-state index is 10.6. The van der Waals surface area contributed by atoms with Gasteiger partial charge >= 0.3 is 0 Å². The van der Waals surface area contributed by atoms with E-state index in [1.165, 1.54) is 5.56 Å².